The third kappa shape index (κ3) is 6.63. The van der Waals surface area contributed by atoms with Crippen LogP contribution < -0.4 is 5.73 Å². The monoisotopic (exact) mass is 293 g/mol. The number of ether oxygens (including phenoxy) is 1. The Morgan fingerprint density at radius 2 is 1.86 bits per heavy atom. The molecule has 0 aliphatic rings. The van der Waals surface area contributed by atoms with Crippen molar-refractivity contribution in [1.82, 2.24) is 0 Å². The Balaban J connectivity index is 2.52. The van der Waals surface area contributed by atoms with Gasteiger partial charge in [-0.1, -0.05) is 26.0 Å². The van der Waals surface area contributed by atoms with E-state index in [0.29, 0.717) is 12.3 Å². The summed E-state index contributed by atoms with van der Waals surface area (Å²) in [5.41, 5.74) is 6.32. The van der Waals surface area contributed by atoms with Crippen LogP contribution in [-0.2, 0) is 16.0 Å². The number of rotatable bonds is 7. The van der Waals surface area contributed by atoms with Crippen LogP contribution in [0.5, 0.6) is 5.75 Å². The SMILES string of the molecule is CC(C)CCC(C)(C)OC(=O)[C@@H](N)Cc1ccc(O)cc1. The molecule has 1 rings (SSSR count). The first-order valence-electron chi connectivity index (χ1n) is 7.46. The highest BCUT2D eigenvalue weighted by Crippen LogP contribution is 2.21. The lowest BCUT2D eigenvalue weighted by atomic mass is 9.96. The Morgan fingerprint density at radius 1 is 1.29 bits per heavy atom. The summed E-state index contributed by atoms with van der Waals surface area (Å²) < 4.78 is 5.53. The van der Waals surface area contributed by atoms with Gasteiger partial charge in [-0.25, -0.2) is 0 Å². The number of hydrogen-bond acceptors (Lipinski definition) is 4. The molecule has 4 heteroatoms. The minimum Gasteiger partial charge on any atom is -0.508 e. The minimum absolute atomic E-state index is 0.199. The highest BCUT2D eigenvalue weighted by molar-refractivity contribution is 5.76. The molecule has 1 atom stereocenters. The number of esters is 1. The van der Waals surface area contributed by atoms with Crippen molar-refractivity contribution in [3.05, 3.63) is 29.8 Å². The summed E-state index contributed by atoms with van der Waals surface area (Å²) in [5.74, 6) is 0.398. The topological polar surface area (TPSA) is 72.5 Å². The van der Waals surface area contributed by atoms with E-state index in [2.05, 4.69) is 13.8 Å². The fourth-order valence-corrected chi connectivity index (χ4v) is 2.00. The van der Waals surface area contributed by atoms with E-state index < -0.39 is 11.6 Å². The molecule has 0 aliphatic carbocycles. The summed E-state index contributed by atoms with van der Waals surface area (Å²) in [6.45, 7) is 8.13. The zero-order chi connectivity index (χ0) is 16.0. The molecule has 0 radical (unpaired) electrons. The molecule has 3 N–H and O–H groups in total. The molecule has 118 valence electrons. The van der Waals surface area contributed by atoms with Crippen LogP contribution in [0.2, 0.25) is 0 Å². The van der Waals surface area contributed by atoms with Gasteiger partial charge in [-0.3, -0.25) is 4.79 Å². The van der Waals surface area contributed by atoms with Gasteiger partial charge in [-0.2, -0.15) is 0 Å². The molecule has 0 fully saturated rings. The molecule has 21 heavy (non-hydrogen) atoms. The Morgan fingerprint density at radius 3 is 2.38 bits per heavy atom. The zero-order valence-electron chi connectivity index (χ0n) is 13.4. The molecule has 0 saturated heterocycles. The van der Waals surface area contributed by atoms with Gasteiger partial charge in [0.15, 0.2) is 0 Å². The number of hydrogen-bond donors (Lipinski definition) is 2. The van der Waals surface area contributed by atoms with Crippen LogP contribution >= 0.6 is 0 Å². The Kier molecular flexibility index (Phi) is 6.21. The molecule has 4 nitrogen and oxygen atoms in total. The largest absolute Gasteiger partial charge is 0.508 e. The maximum Gasteiger partial charge on any atom is 0.323 e. The minimum atomic E-state index is -0.687. The number of carbonyl (C=O) groups excluding carboxylic acids is 1. The van der Waals surface area contributed by atoms with Gasteiger partial charge in [0, 0.05) is 0 Å². The molecule has 0 unspecified atom stereocenters. The van der Waals surface area contributed by atoms with Crippen LogP contribution in [0.25, 0.3) is 0 Å². The molecular formula is C17H27NO3. The van der Waals surface area contributed by atoms with Gasteiger partial charge >= 0.3 is 5.97 Å². The number of phenols is 1. The molecule has 0 aromatic heterocycles. The van der Waals surface area contributed by atoms with E-state index in [9.17, 15) is 9.90 Å². The van der Waals surface area contributed by atoms with E-state index in [1.165, 1.54) is 0 Å². The molecule has 0 amide bonds. The summed E-state index contributed by atoms with van der Waals surface area (Å²) in [4.78, 5) is 12.1. The zero-order valence-corrected chi connectivity index (χ0v) is 13.4. The molecule has 0 saturated carbocycles. The van der Waals surface area contributed by atoms with E-state index in [-0.39, 0.29) is 11.7 Å². The Labute approximate surface area is 127 Å². The standard InChI is InChI=1S/C17H27NO3/c1-12(2)9-10-17(3,4)21-16(20)15(18)11-13-5-7-14(19)8-6-13/h5-8,12,15,19H,9-11,18H2,1-4H3/t15-/m0/s1. The molecule has 0 heterocycles. The smallest absolute Gasteiger partial charge is 0.323 e. The van der Waals surface area contributed by atoms with Crippen LogP contribution in [0.3, 0.4) is 0 Å². The van der Waals surface area contributed by atoms with E-state index in [4.69, 9.17) is 10.5 Å². The molecule has 0 bridgehead atoms. The van der Waals surface area contributed by atoms with Crippen molar-refractivity contribution in [2.45, 2.75) is 58.6 Å². The first kappa shape index (κ1) is 17.5. The lowest BCUT2D eigenvalue weighted by Gasteiger charge is -2.27. The average molecular weight is 293 g/mol. The van der Waals surface area contributed by atoms with Crippen molar-refractivity contribution in [3.8, 4) is 5.75 Å². The van der Waals surface area contributed by atoms with Gasteiger partial charge in [0.05, 0.1) is 0 Å². The highest BCUT2D eigenvalue weighted by Gasteiger charge is 2.26. The van der Waals surface area contributed by atoms with Crippen LogP contribution in [0.15, 0.2) is 24.3 Å². The maximum atomic E-state index is 12.1. The predicted octanol–water partition coefficient (Wildman–Crippen LogP) is 3.02. The normalized spacial score (nSPS) is 13.2. The lowest BCUT2D eigenvalue weighted by molar-refractivity contribution is -0.158. The second-order valence-corrected chi connectivity index (χ2v) is 6.59. The average Bonchev–Trinajstić information content (AvgIpc) is 2.38. The highest BCUT2D eigenvalue weighted by atomic mass is 16.6. The molecular weight excluding hydrogens is 266 g/mol. The number of carbonyl (C=O) groups is 1. The Bertz CT molecular complexity index is 452. The second kappa shape index (κ2) is 7.46. The van der Waals surface area contributed by atoms with E-state index >= 15 is 0 Å². The number of benzene rings is 1. The molecule has 0 aliphatic heterocycles. The van der Waals surface area contributed by atoms with Gasteiger partial charge in [-0.05, 0) is 56.7 Å². The van der Waals surface area contributed by atoms with E-state index in [1.807, 2.05) is 13.8 Å². The third-order valence-electron chi connectivity index (χ3n) is 3.40. The van der Waals surface area contributed by atoms with Gasteiger partial charge in [0.1, 0.15) is 17.4 Å². The summed E-state index contributed by atoms with van der Waals surface area (Å²) >= 11 is 0. The lowest BCUT2D eigenvalue weighted by Crippen LogP contribution is -2.40. The van der Waals surface area contributed by atoms with Gasteiger partial charge in [0.25, 0.3) is 0 Å². The number of aromatic hydroxyl groups is 1. The summed E-state index contributed by atoms with van der Waals surface area (Å²) in [7, 11) is 0. The Hall–Kier alpha value is -1.55. The second-order valence-electron chi connectivity index (χ2n) is 6.59. The van der Waals surface area contributed by atoms with Crippen LogP contribution in [0, 0.1) is 5.92 Å². The summed E-state index contributed by atoms with van der Waals surface area (Å²) in [5, 5.41) is 9.23. The van der Waals surface area contributed by atoms with Crippen molar-refractivity contribution < 1.29 is 14.6 Å². The van der Waals surface area contributed by atoms with Gasteiger partial charge < -0.3 is 15.6 Å². The first-order valence-corrected chi connectivity index (χ1v) is 7.46. The van der Waals surface area contributed by atoms with Crippen molar-refractivity contribution in [2.24, 2.45) is 11.7 Å². The summed E-state index contributed by atoms with van der Waals surface area (Å²) in [6.07, 6.45) is 2.23. The first-order chi connectivity index (χ1) is 9.69. The third-order valence-corrected chi connectivity index (χ3v) is 3.40. The number of phenolic OH excluding ortho intramolecular Hbond substituents is 1. The fourth-order valence-electron chi connectivity index (χ4n) is 2.00. The number of nitrogens with two attached hydrogens (primary N) is 1. The fraction of sp³-hybridized carbons (Fsp3) is 0.588. The van der Waals surface area contributed by atoms with E-state index in [0.717, 1.165) is 18.4 Å². The van der Waals surface area contributed by atoms with Crippen molar-refractivity contribution in [2.75, 3.05) is 0 Å². The van der Waals surface area contributed by atoms with Gasteiger partial charge in [0.2, 0.25) is 0 Å². The van der Waals surface area contributed by atoms with Crippen molar-refractivity contribution in [1.29, 1.82) is 0 Å². The predicted molar refractivity (Wildman–Crippen MR) is 84.0 cm³/mol. The van der Waals surface area contributed by atoms with Crippen LogP contribution in [0.1, 0.15) is 46.1 Å². The summed E-state index contributed by atoms with van der Waals surface area (Å²) in [6, 6.07) is 5.99. The molecule has 1 aromatic rings. The molecule has 1 aromatic carbocycles. The molecule has 0 spiro atoms. The van der Waals surface area contributed by atoms with Crippen molar-refractivity contribution in [3.63, 3.8) is 0 Å². The van der Waals surface area contributed by atoms with Gasteiger partial charge in [-0.15, -0.1) is 0 Å². The quantitative estimate of drug-likeness (QED) is 0.758. The van der Waals surface area contributed by atoms with Crippen molar-refractivity contribution >= 4 is 5.97 Å². The van der Waals surface area contributed by atoms with Crippen LogP contribution in [-0.4, -0.2) is 22.7 Å². The van der Waals surface area contributed by atoms with E-state index in [1.54, 1.807) is 24.3 Å². The maximum absolute atomic E-state index is 12.1. The van der Waals surface area contributed by atoms with Crippen LogP contribution in [0.4, 0.5) is 0 Å².